The summed E-state index contributed by atoms with van der Waals surface area (Å²) in [6, 6.07) is 9.27. The molecule has 2 heterocycles. The molecule has 2 fully saturated rings. The summed E-state index contributed by atoms with van der Waals surface area (Å²) in [6.07, 6.45) is -0.637. The molecule has 2 bridgehead atoms. The van der Waals surface area contributed by atoms with E-state index in [1.54, 1.807) is 0 Å². The molecule has 100 valence electrons. The van der Waals surface area contributed by atoms with Gasteiger partial charge in [0.1, 0.15) is 0 Å². The molecule has 3 atom stereocenters. The van der Waals surface area contributed by atoms with Crippen LogP contribution in [0.5, 0.6) is 0 Å². The van der Waals surface area contributed by atoms with E-state index in [1.165, 1.54) is 0 Å². The van der Waals surface area contributed by atoms with Gasteiger partial charge in [-0.3, -0.25) is 0 Å². The second-order valence-corrected chi connectivity index (χ2v) is 6.93. The van der Waals surface area contributed by atoms with Crippen LogP contribution < -0.4 is 5.32 Å². The number of carbonyl (C=O) groups is 2. The molecule has 3 rings (SSSR count). The van der Waals surface area contributed by atoms with Crippen molar-refractivity contribution in [1.82, 2.24) is 5.32 Å². The average Bonchev–Trinajstić information content (AvgIpc) is 2.93. The number of carbonyl (C=O) groups excluding carboxylic acids is 2. The van der Waals surface area contributed by atoms with Gasteiger partial charge in [0.25, 0.3) is 0 Å². The van der Waals surface area contributed by atoms with Crippen molar-refractivity contribution in [3.8, 4) is 0 Å². The van der Waals surface area contributed by atoms with Crippen LogP contribution in [0.1, 0.15) is 5.56 Å². The van der Waals surface area contributed by atoms with Crippen LogP contribution in [0, 0.1) is 0 Å². The molecule has 2 aliphatic rings. The van der Waals surface area contributed by atoms with E-state index >= 15 is 0 Å². The van der Waals surface area contributed by atoms with Crippen LogP contribution in [0.4, 0.5) is 4.79 Å². The molecule has 2 saturated heterocycles. The Morgan fingerprint density at radius 3 is 2.84 bits per heavy atom. The van der Waals surface area contributed by atoms with Crippen LogP contribution in [0.25, 0.3) is 0 Å². The number of fused-ring (bicyclic) bond motifs is 2. The van der Waals surface area contributed by atoms with Gasteiger partial charge < -0.3 is 0 Å². The van der Waals surface area contributed by atoms with Gasteiger partial charge in [-0.05, 0) is 0 Å². The number of ether oxygens (including phenoxy) is 2. The molecule has 1 amide bonds. The minimum atomic E-state index is -0.486. The fourth-order valence-electron chi connectivity index (χ4n) is 2.21. The van der Waals surface area contributed by atoms with E-state index in [1.807, 2.05) is 30.3 Å². The zero-order valence-corrected chi connectivity index (χ0v) is 11.8. The van der Waals surface area contributed by atoms with Crippen LogP contribution in [0.2, 0.25) is 10.1 Å². The molecule has 1 N–H and O–H groups in total. The van der Waals surface area contributed by atoms with E-state index in [9.17, 15) is 9.59 Å². The Balaban J connectivity index is 1.51. The van der Waals surface area contributed by atoms with Crippen molar-refractivity contribution in [1.29, 1.82) is 0 Å². The molecule has 2 unspecified atom stereocenters. The quantitative estimate of drug-likeness (QED) is 0.668. The summed E-state index contributed by atoms with van der Waals surface area (Å²) >= 11 is 0.234. The number of rotatable bonds is 3. The van der Waals surface area contributed by atoms with Crippen LogP contribution in [-0.4, -0.2) is 39.2 Å². The van der Waals surface area contributed by atoms with Crippen molar-refractivity contribution in [3.63, 3.8) is 0 Å². The number of hydrogen-bond donors (Lipinski definition) is 1. The number of hydrogen-bond acceptors (Lipinski definition) is 4. The Kier molecular flexibility index (Phi) is 3.44. The van der Waals surface area contributed by atoms with E-state index in [4.69, 9.17) is 9.47 Å². The number of alkyl carbamates (subject to hydrolysis) is 1. The molecule has 2 aliphatic heterocycles. The molecule has 19 heavy (non-hydrogen) atoms. The van der Waals surface area contributed by atoms with E-state index in [0.717, 1.165) is 10.9 Å². The molecule has 1 aromatic rings. The van der Waals surface area contributed by atoms with Crippen LogP contribution >= 0.6 is 0 Å². The zero-order valence-electron chi connectivity index (χ0n) is 10.1. The first-order valence-corrected chi connectivity index (χ1v) is 8.23. The maximum atomic E-state index is 11.7. The molecule has 0 spiro atoms. The topological polar surface area (TPSA) is 64.6 Å². The summed E-state index contributed by atoms with van der Waals surface area (Å²) in [4.78, 5) is 23.0. The third-order valence-corrected chi connectivity index (χ3v) is 6.03. The van der Waals surface area contributed by atoms with Crippen LogP contribution in [0.15, 0.2) is 30.3 Å². The summed E-state index contributed by atoms with van der Waals surface area (Å²) in [7, 11) is 0. The first kappa shape index (κ1) is 12.5. The van der Waals surface area contributed by atoms with E-state index in [-0.39, 0.29) is 44.5 Å². The van der Waals surface area contributed by atoms with Gasteiger partial charge in [-0.25, -0.2) is 0 Å². The van der Waals surface area contributed by atoms with Gasteiger partial charge in [-0.2, -0.15) is 0 Å². The first-order chi connectivity index (χ1) is 9.24. The summed E-state index contributed by atoms with van der Waals surface area (Å²) < 4.78 is 10.3. The fraction of sp³-hybridized carbons (Fsp3) is 0.385. The van der Waals surface area contributed by atoms with Gasteiger partial charge in [0.2, 0.25) is 0 Å². The normalized spacial score (nSPS) is 28.0. The third-order valence-electron chi connectivity index (χ3n) is 3.16. The van der Waals surface area contributed by atoms with Gasteiger partial charge in [0, 0.05) is 0 Å². The Labute approximate surface area is 116 Å². The molecular formula is C13H13NO4Se. The third kappa shape index (κ3) is 2.60. The predicted octanol–water partition coefficient (Wildman–Crippen LogP) is 1.13. The second kappa shape index (κ2) is 5.23. The van der Waals surface area contributed by atoms with Gasteiger partial charge in [-0.1, -0.05) is 0 Å². The number of benzene rings is 1. The molecule has 6 heteroatoms. The van der Waals surface area contributed by atoms with Gasteiger partial charge >= 0.3 is 116 Å². The van der Waals surface area contributed by atoms with Crippen molar-refractivity contribution >= 4 is 27.0 Å². The first-order valence-electron chi connectivity index (χ1n) is 6.03. The Hall–Kier alpha value is -1.52. The summed E-state index contributed by atoms with van der Waals surface area (Å²) in [6.45, 7) is 0.231. The van der Waals surface area contributed by atoms with Crippen molar-refractivity contribution in [2.75, 3.05) is 0 Å². The summed E-state index contributed by atoms with van der Waals surface area (Å²) in [5.41, 5.74) is 0.934. The van der Waals surface area contributed by atoms with Crippen molar-refractivity contribution in [2.24, 2.45) is 0 Å². The number of amides is 1. The average molecular weight is 326 g/mol. The van der Waals surface area contributed by atoms with Gasteiger partial charge in [-0.15, -0.1) is 0 Å². The molecule has 0 saturated carbocycles. The number of esters is 1. The Bertz CT molecular complexity index is 493. The Morgan fingerprint density at radius 2 is 2.21 bits per heavy atom. The maximum absolute atomic E-state index is 11.7. The molecule has 0 aromatic heterocycles. The molecule has 5 nitrogen and oxygen atoms in total. The molecule has 0 aliphatic carbocycles. The van der Waals surface area contributed by atoms with Crippen molar-refractivity contribution < 1.29 is 19.1 Å². The summed E-state index contributed by atoms with van der Waals surface area (Å²) in [5, 5.41) is 3.63. The van der Waals surface area contributed by atoms with E-state index < -0.39 is 6.09 Å². The minimum absolute atomic E-state index is 0.137. The van der Waals surface area contributed by atoms with E-state index in [0.29, 0.717) is 0 Å². The monoisotopic (exact) mass is 327 g/mol. The van der Waals surface area contributed by atoms with Crippen LogP contribution in [-0.2, 0) is 20.9 Å². The van der Waals surface area contributed by atoms with Crippen molar-refractivity contribution in [3.05, 3.63) is 35.9 Å². The van der Waals surface area contributed by atoms with Gasteiger partial charge in [0.05, 0.1) is 0 Å². The number of nitrogens with one attached hydrogen (secondary N) is 1. The molecular weight excluding hydrogens is 313 g/mol. The SMILES string of the molecule is O=C(N[C@H]1C2C[Se]C1C(=O)O2)OCc1ccccc1. The molecule has 1 aromatic carbocycles. The molecule has 0 radical (unpaired) electrons. The predicted molar refractivity (Wildman–Crippen MR) is 67.7 cm³/mol. The standard InChI is InChI=1S/C13H13NO4Se/c15-12-11-10(9(18-12)7-19-11)14-13(16)17-6-8-4-2-1-3-5-8/h1-5,9-11H,6-7H2,(H,14,16)/t9?,10-,11?/m0/s1. The van der Waals surface area contributed by atoms with Crippen molar-refractivity contribution in [2.45, 2.75) is 28.9 Å². The zero-order chi connectivity index (χ0) is 13.2. The second-order valence-electron chi connectivity index (χ2n) is 4.46. The summed E-state index contributed by atoms with van der Waals surface area (Å²) in [5.74, 6) is -0.176. The van der Waals surface area contributed by atoms with Gasteiger partial charge in [0.15, 0.2) is 0 Å². The van der Waals surface area contributed by atoms with E-state index in [2.05, 4.69) is 5.32 Å². The Morgan fingerprint density at radius 1 is 1.42 bits per heavy atom. The van der Waals surface area contributed by atoms with Crippen LogP contribution in [0.3, 0.4) is 0 Å². The fourth-order valence-corrected chi connectivity index (χ4v) is 4.97.